The fourth-order valence-electron chi connectivity index (χ4n) is 3.25. The van der Waals surface area contributed by atoms with Crippen LogP contribution in [-0.4, -0.2) is 20.2 Å². The van der Waals surface area contributed by atoms with E-state index in [4.69, 9.17) is 4.43 Å². The minimum Gasteiger partial charge on any atom is -0.414 e. The van der Waals surface area contributed by atoms with Crippen molar-refractivity contribution < 1.29 is 9.22 Å². The highest BCUT2D eigenvalue weighted by Crippen LogP contribution is 2.44. The molecule has 2 rings (SSSR count). The molecule has 3 heteroatoms. The van der Waals surface area contributed by atoms with Gasteiger partial charge in [-0.1, -0.05) is 32.4 Å². The lowest BCUT2D eigenvalue weighted by molar-refractivity contribution is -0.130. The Bertz CT molecular complexity index is 417. The lowest BCUT2D eigenvalue weighted by atomic mass is 9.69. The summed E-state index contributed by atoms with van der Waals surface area (Å²) >= 11 is 0. The lowest BCUT2D eigenvalue weighted by Gasteiger charge is -2.46. The minimum atomic E-state index is -1.74. The number of carbonyl (C=O) groups excluding carboxylic acids is 1. The van der Waals surface area contributed by atoms with Crippen molar-refractivity contribution in [2.45, 2.75) is 77.6 Å². The zero-order chi connectivity index (χ0) is 15.1. The molecule has 0 radical (unpaired) electrons. The summed E-state index contributed by atoms with van der Waals surface area (Å²) in [6, 6.07) is 0. The molecule has 1 fully saturated rings. The molecule has 0 spiro atoms. The average molecular weight is 295 g/mol. The van der Waals surface area contributed by atoms with E-state index in [2.05, 4.69) is 46.9 Å². The second-order valence-electron chi connectivity index (χ2n) is 8.18. The summed E-state index contributed by atoms with van der Waals surface area (Å²) in [5.41, 5.74) is 1.43. The maximum Gasteiger partial charge on any atom is 0.192 e. The van der Waals surface area contributed by atoms with Crippen LogP contribution >= 0.6 is 0 Å². The number of ketones is 1. The number of allylic oxidation sites excluding steroid dienone is 2. The third kappa shape index (κ3) is 3.09. The lowest BCUT2D eigenvalue weighted by Crippen LogP contribution is -2.50. The summed E-state index contributed by atoms with van der Waals surface area (Å²) < 4.78 is 6.67. The highest BCUT2D eigenvalue weighted by molar-refractivity contribution is 6.74. The van der Waals surface area contributed by atoms with E-state index in [-0.39, 0.29) is 11.0 Å². The van der Waals surface area contributed by atoms with Crippen LogP contribution in [0.25, 0.3) is 0 Å². The molecular weight excluding hydrogens is 264 g/mol. The van der Waals surface area contributed by atoms with Crippen LogP contribution in [0.4, 0.5) is 0 Å². The van der Waals surface area contributed by atoms with E-state index in [9.17, 15) is 4.79 Å². The van der Waals surface area contributed by atoms with E-state index in [1.165, 1.54) is 5.57 Å². The van der Waals surface area contributed by atoms with Crippen molar-refractivity contribution in [3.8, 4) is 0 Å². The maximum atomic E-state index is 12.2. The molecule has 114 valence electrons. The van der Waals surface area contributed by atoms with Crippen molar-refractivity contribution in [3.05, 3.63) is 11.6 Å². The summed E-state index contributed by atoms with van der Waals surface area (Å²) in [4.78, 5) is 12.2. The van der Waals surface area contributed by atoms with E-state index < -0.39 is 8.32 Å². The Balaban J connectivity index is 2.16. The number of hydrogen-bond acceptors (Lipinski definition) is 2. The van der Waals surface area contributed by atoms with Gasteiger partial charge in [0, 0.05) is 18.4 Å². The summed E-state index contributed by atoms with van der Waals surface area (Å²) in [6.45, 7) is 13.7. The zero-order valence-corrected chi connectivity index (χ0v) is 15.0. The van der Waals surface area contributed by atoms with Crippen LogP contribution in [0.1, 0.15) is 53.4 Å². The van der Waals surface area contributed by atoms with Gasteiger partial charge in [-0.15, -0.1) is 0 Å². The van der Waals surface area contributed by atoms with Gasteiger partial charge in [-0.3, -0.25) is 4.79 Å². The van der Waals surface area contributed by atoms with Crippen LogP contribution in [0.15, 0.2) is 11.6 Å². The van der Waals surface area contributed by atoms with Crippen molar-refractivity contribution in [2.75, 3.05) is 0 Å². The molecule has 0 heterocycles. The molecule has 0 aromatic heterocycles. The molecule has 2 aliphatic carbocycles. The fourth-order valence-corrected chi connectivity index (χ4v) is 4.65. The Morgan fingerprint density at radius 2 is 1.95 bits per heavy atom. The molecular formula is C17H30O2Si. The third-order valence-corrected chi connectivity index (χ3v) is 10.1. The Hall–Kier alpha value is -0.413. The van der Waals surface area contributed by atoms with Gasteiger partial charge in [0.05, 0.1) is 0 Å². The average Bonchev–Trinajstić information content (AvgIpc) is 2.31. The van der Waals surface area contributed by atoms with E-state index in [0.29, 0.717) is 24.2 Å². The first kappa shape index (κ1) is 16.0. The van der Waals surface area contributed by atoms with Crippen molar-refractivity contribution in [1.82, 2.24) is 0 Å². The SMILES string of the molecule is CC1=CC[C@@H]2C(=O)CC[C@H](O[Si](C)(C)C(C)(C)C)[C@@H]2C1. The zero-order valence-electron chi connectivity index (χ0n) is 14.0. The Morgan fingerprint density at radius 1 is 1.30 bits per heavy atom. The molecule has 20 heavy (non-hydrogen) atoms. The van der Waals surface area contributed by atoms with Gasteiger partial charge in [-0.25, -0.2) is 0 Å². The highest BCUT2D eigenvalue weighted by Gasteiger charge is 2.45. The van der Waals surface area contributed by atoms with E-state index in [1.54, 1.807) is 0 Å². The van der Waals surface area contributed by atoms with Crippen molar-refractivity contribution in [1.29, 1.82) is 0 Å². The molecule has 0 aromatic carbocycles. The van der Waals surface area contributed by atoms with Crippen LogP contribution < -0.4 is 0 Å². The molecule has 0 amide bonds. The number of Topliss-reactive ketones (excluding diaryl/α,β-unsaturated/α-hetero) is 1. The number of fused-ring (bicyclic) bond motifs is 1. The first-order chi connectivity index (χ1) is 9.12. The topological polar surface area (TPSA) is 26.3 Å². The summed E-state index contributed by atoms with van der Waals surface area (Å²) in [5, 5.41) is 0.240. The van der Waals surface area contributed by atoms with Gasteiger partial charge in [0.25, 0.3) is 0 Å². The quantitative estimate of drug-likeness (QED) is 0.544. The van der Waals surface area contributed by atoms with Gasteiger partial charge < -0.3 is 4.43 Å². The van der Waals surface area contributed by atoms with Crippen molar-refractivity contribution in [3.63, 3.8) is 0 Å². The predicted molar refractivity (Wildman–Crippen MR) is 86.3 cm³/mol. The van der Waals surface area contributed by atoms with E-state index in [1.807, 2.05) is 0 Å². The highest BCUT2D eigenvalue weighted by atomic mass is 28.4. The largest absolute Gasteiger partial charge is 0.414 e. The number of carbonyl (C=O) groups is 1. The summed E-state index contributed by atoms with van der Waals surface area (Å²) in [6.07, 6.45) is 6.19. The predicted octanol–water partition coefficient (Wildman–Crippen LogP) is 4.71. The van der Waals surface area contributed by atoms with Crippen LogP contribution in [0.5, 0.6) is 0 Å². The summed E-state index contributed by atoms with van der Waals surface area (Å²) in [5.74, 6) is 1.12. The molecule has 2 aliphatic rings. The van der Waals surface area contributed by atoms with E-state index >= 15 is 0 Å². The van der Waals surface area contributed by atoms with Gasteiger partial charge >= 0.3 is 0 Å². The van der Waals surface area contributed by atoms with E-state index in [0.717, 1.165) is 19.3 Å². The third-order valence-electron chi connectivity index (χ3n) is 5.61. The molecule has 0 saturated heterocycles. The Labute approximate surface area is 125 Å². The van der Waals surface area contributed by atoms with Gasteiger partial charge in [-0.2, -0.15) is 0 Å². The fraction of sp³-hybridized carbons (Fsp3) is 0.824. The van der Waals surface area contributed by atoms with Crippen LogP contribution in [0, 0.1) is 11.8 Å². The Morgan fingerprint density at radius 3 is 2.55 bits per heavy atom. The molecule has 1 saturated carbocycles. The van der Waals surface area contributed by atoms with Gasteiger partial charge in [0.2, 0.25) is 0 Å². The number of hydrogen-bond donors (Lipinski definition) is 0. The van der Waals surface area contributed by atoms with Crippen LogP contribution in [0.2, 0.25) is 18.1 Å². The minimum absolute atomic E-state index is 0.224. The monoisotopic (exact) mass is 294 g/mol. The smallest absolute Gasteiger partial charge is 0.192 e. The standard InChI is InChI=1S/C17H30O2Si/c1-12-7-8-13-14(11-12)16(10-9-15(13)18)19-20(5,6)17(2,3)4/h7,13-14,16H,8-11H2,1-6H3/t13-,14+,16-/m0/s1. The second kappa shape index (κ2) is 5.41. The van der Waals surface area contributed by atoms with Gasteiger partial charge in [0.1, 0.15) is 5.78 Å². The molecule has 0 N–H and O–H groups in total. The summed E-state index contributed by atoms with van der Waals surface area (Å²) in [7, 11) is -1.74. The first-order valence-corrected chi connectivity index (χ1v) is 10.9. The molecule has 2 nitrogen and oxygen atoms in total. The normalized spacial score (nSPS) is 31.8. The second-order valence-corrected chi connectivity index (χ2v) is 12.9. The van der Waals surface area contributed by atoms with Crippen molar-refractivity contribution >= 4 is 14.1 Å². The first-order valence-electron chi connectivity index (χ1n) is 7.98. The maximum absolute atomic E-state index is 12.2. The molecule has 3 atom stereocenters. The van der Waals surface area contributed by atoms with Crippen molar-refractivity contribution in [2.24, 2.45) is 11.8 Å². The molecule has 0 unspecified atom stereocenters. The van der Waals surface area contributed by atoms with Crippen LogP contribution in [0.3, 0.4) is 0 Å². The molecule has 0 aromatic rings. The molecule has 0 aliphatic heterocycles. The van der Waals surface area contributed by atoms with Gasteiger partial charge in [-0.05, 0) is 50.2 Å². The van der Waals surface area contributed by atoms with Crippen LogP contribution in [-0.2, 0) is 9.22 Å². The number of rotatable bonds is 2. The van der Waals surface area contributed by atoms with Gasteiger partial charge in [0.15, 0.2) is 8.32 Å². The molecule has 0 bridgehead atoms. The Kier molecular flexibility index (Phi) is 4.32.